The minimum Gasteiger partial charge on any atom is -0.447 e. The number of carbonyl (C=O) groups excluding carboxylic acids is 2. The number of cyclic esters (lactones) is 1. The van der Waals surface area contributed by atoms with Gasteiger partial charge in [-0.15, -0.1) is 0 Å². The molecule has 1 saturated heterocycles. The molecule has 1 aliphatic carbocycles. The molecule has 0 N–H and O–H groups in total. The summed E-state index contributed by atoms with van der Waals surface area (Å²) in [6, 6.07) is 18.4. The molecular formula is C26H31NO3. The van der Waals surface area contributed by atoms with Gasteiger partial charge in [0.05, 0.1) is 12.0 Å². The molecule has 2 amide bonds. The zero-order chi connectivity index (χ0) is 21.1. The van der Waals surface area contributed by atoms with E-state index in [1.54, 1.807) is 0 Å². The molecule has 0 spiro atoms. The van der Waals surface area contributed by atoms with Crippen molar-refractivity contribution in [1.29, 1.82) is 0 Å². The Morgan fingerprint density at radius 3 is 2.27 bits per heavy atom. The SMILES string of the molecule is CC(C)[C@H]1COC(=O)N1C(=O)[C@H](CC1CCCC1)c1ccc(-c2ccccc2)cc1. The normalized spacial score (nSPS) is 20.6. The van der Waals surface area contributed by atoms with Crippen molar-refractivity contribution in [2.45, 2.75) is 57.9 Å². The molecule has 4 heteroatoms. The van der Waals surface area contributed by atoms with Crippen molar-refractivity contribution in [1.82, 2.24) is 4.90 Å². The van der Waals surface area contributed by atoms with Crippen LogP contribution in [-0.4, -0.2) is 29.5 Å². The first-order valence-corrected chi connectivity index (χ1v) is 11.2. The van der Waals surface area contributed by atoms with Crippen LogP contribution in [0.4, 0.5) is 4.79 Å². The van der Waals surface area contributed by atoms with Gasteiger partial charge in [0.25, 0.3) is 0 Å². The van der Waals surface area contributed by atoms with Crippen LogP contribution >= 0.6 is 0 Å². The standard InChI is InChI=1S/C26H31NO3/c1-18(2)24-17-30-26(29)27(24)25(28)23(16-19-8-6-7-9-19)22-14-12-21(13-15-22)20-10-4-3-5-11-20/h3-5,10-15,18-19,23-24H,6-9,16-17H2,1-2H3/t23-,24-/m1/s1. The number of ether oxygens (including phenoxy) is 1. The third-order valence-corrected chi connectivity index (χ3v) is 6.67. The molecule has 1 saturated carbocycles. The van der Waals surface area contributed by atoms with E-state index in [9.17, 15) is 9.59 Å². The zero-order valence-electron chi connectivity index (χ0n) is 17.9. The lowest BCUT2D eigenvalue weighted by Gasteiger charge is -2.28. The number of rotatable bonds is 6. The maximum atomic E-state index is 13.6. The fourth-order valence-corrected chi connectivity index (χ4v) is 4.85. The monoisotopic (exact) mass is 405 g/mol. The van der Waals surface area contributed by atoms with Gasteiger partial charge in [-0.25, -0.2) is 9.69 Å². The van der Waals surface area contributed by atoms with Crippen molar-refractivity contribution in [3.8, 4) is 11.1 Å². The minimum absolute atomic E-state index is 0.101. The average Bonchev–Trinajstić information content (AvgIpc) is 3.42. The summed E-state index contributed by atoms with van der Waals surface area (Å²) in [5.41, 5.74) is 3.28. The molecule has 2 aromatic rings. The maximum absolute atomic E-state index is 13.6. The van der Waals surface area contributed by atoms with E-state index in [1.165, 1.54) is 30.6 Å². The third-order valence-electron chi connectivity index (χ3n) is 6.67. The fraction of sp³-hybridized carbons (Fsp3) is 0.462. The Morgan fingerprint density at radius 1 is 1.00 bits per heavy atom. The molecule has 2 aliphatic rings. The zero-order valence-corrected chi connectivity index (χ0v) is 17.9. The minimum atomic E-state index is -0.490. The average molecular weight is 406 g/mol. The van der Waals surface area contributed by atoms with Crippen LogP contribution in [0.2, 0.25) is 0 Å². The summed E-state index contributed by atoms with van der Waals surface area (Å²) >= 11 is 0. The summed E-state index contributed by atoms with van der Waals surface area (Å²) in [5.74, 6) is 0.317. The van der Waals surface area contributed by atoms with Crippen LogP contribution in [0.1, 0.15) is 57.4 Å². The van der Waals surface area contributed by atoms with Gasteiger partial charge in [-0.1, -0.05) is 94.1 Å². The van der Waals surface area contributed by atoms with Crippen LogP contribution in [-0.2, 0) is 9.53 Å². The summed E-state index contributed by atoms with van der Waals surface area (Å²) in [4.78, 5) is 27.5. The van der Waals surface area contributed by atoms with E-state index < -0.39 is 6.09 Å². The van der Waals surface area contributed by atoms with E-state index in [0.717, 1.165) is 23.1 Å². The highest BCUT2D eigenvalue weighted by atomic mass is 16.6. The summed E-state index contributed by atoms with van der Waals surface area (Å²) in [6.07, 6.45) is 5.13. The second-order valence-corrected chi connectivity index (χ2v) is 9.02. The van der Waals surface area contributed by atoms with E-state index in [1.807, 2.05) is 32.0 Å². The van der Waals surface area contributed by atoms with E-state index >= 15 is 0 Å². The molecule has 0 unspecified atom stereocenters. The number of benzene rings is 2. The molecule has 2 fully saturated rings. The van der Waals surface area contributed by atoms with Gasteiger partial charge in [0, 0.05) is 0 Å². The highest BCUT2D eigenvalue weighted by Crippen LogP contribution is 2.37. The predicted molar refractivity (Wildman–Crippen MR) is 118 cm³/mol. The van der Waals surface area contributed by atoms with Gasteiger partial charge in [-0.05, 0) is 34.9 Å². The van der Waals surface area contributed by atoms with Crippen molar-refractivity contribution in [3.05, 3.63) is 60.2 Å². The van der Waals surface area contributed by atoms with Crippen LogP contribution in [0.25, 0.3) is 11.1 Å². The van der Waals surface area contributed by atoms with Gasteiger partial charge in [0.1, 0.15) is 6.61 Å². The summed E-state index contributed by atoms with van der Waals surface area (Å²) in [7, 11) is 0. The van der Waals surface area contributed by atoms with Gasteiger partial charge in [-0.2, -0.15) is 0 Å². The van der Waals surface area contributed by atoms with Gasteiger partial charge < -0.3 is 4.74 Å². The van der Waals surface area contributed by atoms with Crippen molar-refractivity contribution in [2.24, 2.45) is 11.8 Å². The van der Waals surface area contributed by atoms with E-state index in [4.69, 9.17) is 4.74 Å². The summed E-state index contributed by atoms with van der Waals surface area (Å²) in [5, 5.41) is 0. The first kappa shape index (κ1) is 20.6. The maximum Gasteiger partial charge on any atom is 0.417 e. The molecular weight excluding hydrogens is 374 g/mol. The van der Waals surface area contributed by atoms with Crippen LogP contribution in [0.3, 0.4) is 0 Å². The molecule has 0 radical (unpaired) electrons. The number of hydrogen-bond donors (Lipinski definition) is 0. The van der Waals surface area contributed by atoms with Gasteiger partial charge in [0.2, 0.25) is 5.91 Å². The lowest BCUT2D eigenvalue weighted by Crippen LogP contribution is -2.44. The topological polar surface area (TPSA) is 46.6 Å². The Labute approximate surface area is 179 Å². The molecule has 158 valence electrons. The quantitative estimate of drug-likeness (QED) is 0.590. The van der Waals surface area contributed by atoms with Crippen LogP contribution < -0.4 is 0 Å². The van der Waals surface area contributed by atoms with Crippen molar-refractivity contribution < 1.29 is 14.3 Å². The highest BCUT2D eigenvalue weighted by molar-refractivity contribution is 5.97. The Kier molecular flexibility index (Phi) is 6.21. The molecule has 0 bridgehead atoms. The van der Waals surface area contributed by atoms with Gasteiger partial charge >= 0.3 is 6.09 Å². The molecule has 4 rings (SSSR count). The number of hydrogen-bond acceptors (Lipinski definition) is 3. The van der Waals surface area contributed by atoms with Crippen molar-refractivity contribution in [2.75, 3.05) is 6.61 Å². The fourth-order valence-electron chi connectivity index (χ4n) is 4.85. The largest absolute Gasteiger partial charge is 0.447 e. The number of carbonyl (C=O) groups is 2. The van der Waals surface area contributed by atoms with Crippen LogP contribution in [0.5, 0.6) is 0 Å². The lowest BCUT2D eigenvalue weighted by molar-refractivity contribution is -0.131. The predicted octanol–water partition coefficient (Wildman–Crippen LogP) is 6.02. The Balaban J connectivity index is 1.62. The first-order chi connectivity index (χ1) is 14.5. The smallest absolute Gasteiger partial charge is 0.417 e. The summed E-state index contributed by atoms with van der Waals surface area (Å²) < 4.78 is 5.26. The number of imide groups is 1. The van der Waals surface area contributed by atoms with Gasteiger partial charge in [0.15, 0.2) is 0 Å². The Hall–Kier alpha value is -2.62. The van der Waals surface area contributed by atoms with E-state index in [-0.39, 0.29) is 23.8 Å². The highest BCUT2D eigenvalue weighted by Gasteiger charge is 2.43. The third kappa shape index (κ3) is 4.28. The van der Waals surface area contributed by atoms with E-state index in [2.05, 4.69) is 36.4 Å². The molecule has 2 aromatic carbocycles. The second kappa shape index (κ2) is 9.03. The molecule has 1 heterocycles. The molecule has 4 nitrogen and oxygen atoms in total. The van der Waals surface area contributed by atoms with Crippen LogP contribution in [0, 0.1) is 11.8 Å². The lowest BCUT2D eigenvalue weighted by atomic mass is 9.85. The second-order valence-electron chi connectivity index (χ2n) is 9.02. The molecule has 1 aliphatic heterocycles. The molecule has 30 heavy (non-hydrogen) atoms. The van der Waals surface area contributed by atoms with Crippen LogP contribution in [0.15, 0.2) is 54.6 Å². The van der Waals surface area contributed by atoms with E-state index in [0.29, 0.717) is 12.5 Å². The number of nitrogens with zero attached hydrogens (tertiary/aromatic N) is 1. The van der Waals surface area contributed by atoms with Crippen molar-refractivity contribution >= 4 is 12.0 Å². The number of amides is 2. The molecule has 2 atom stereocenters. The summed E-state index contributed by atoms with van der Waals surface area (Å²) in [6.45, 7) is 4.37. The Bertz CT molecular complexity index is 869. The first-order valence-electron chi connectivity index (χ1n) is 11.2. The Morgan fingerprint density at radius 2 is 1.63 bits per heavy atom. The molecule has 0 aromatic heterocycles. The van der Waals surface area contributed by atoms with Gasteiger partial charge in [-0.3, -0.25) is 4.79 Å². The van der Waals surface area contributed by atoms with Crippen molar-refractivity contribution in [3.63, 3.8) is 0 Å².